The van der Waals surface area contributed by atoms with Crippen LogP contribution >= 0.6 is 0 Å². The summed E-state index contributed by atoms with van der Waals surface area (Å²) in [4.78, 5) is 11.9. The Labute approximate surface area is 203 Å². The van der Waals surface area contributed by atoms with E-state index in [9.17, 15) is 0 Å². The van der Waals surface area contributed by atoms with Gasteiger partial charge in [0.2, 0.25) is 0 Å². The van der Waals surface area contributed by atoms with Crippen molar-refractivity contribution in [2.45, 2.75) is 66.7 Å². The van der Waals surface area contributed by atoms with Gasteiger partial charge < -0.3 is 29.4 Å². The van der Waals surface area contributed by atoms with Crippen LogP contribution in [-0.4, -0.2) is 60.2 Å². The van der Waals surface area contributed by atoms with E-state index in [1.165, 1.54) is 0 Å². The summed E-state index contributed by atoms with van der Waals surface area (Å²) < 4.78 is 19.3. The summed E-state index contributed by atoms with van der Waals surface area (Å²) >= 11 is 0. The number of likely N-dealkylation sites (N-methyl/N-ethyl adjacent to an activating group) is 1. The van der Waals surface area contributed by atoms with Crippen molar-refractivity contribution < 1.29 is 14.2 Å². The molecule has 0 amide bonds. The Bertz CT molecular complexity index is 1050. The van der Waals surface area contributed by atoms with Crippen LogP contribution in [0.1, 0.15) is 53.3 Å². The van der Waals surface area contributed by atoms with Crippen molar-refractivity contribution in [1.82, 2.24) is 14.5 Å². The van der Waals surface area contributed by atoms with Crippen molar-refractivity contribution in [2.24, 2.45) is 0 Å². The minimum absolute atomic E-state index is 0.253. The van der Waals surface area contributed by atoms with Crippen molar-refractivity contribution in [2.75, 3.05) is 50.2 Å². The van der Waals surface area contributed by atoms with Crippen LogP contribution < -0.4 is 10.6 Å². The first-order valence-electron chi connectivity index (χ1n) is 12.6. The molecule has 188 valence electrons. The van der Waals surface area contributed by atoms with Gasteiger partial charge in [0.25, 0.3) is 0 Å². The van der Waals surface area contributed by atoms with Crippen LogP contribution in [0.25, 0.3) is 21.9 Å². The van der Waals surface area contributed by atoms with Gasteiger partial charge in [0, 0.05) is 50.5 Å². The molecule has 8 nitrogen and oxygen atoms in total. The molecule has 34 heavy (non-hydrogen) atoms. The maximum atomic E-state index is 6.42. The highest BCUT2D eigenvalue weighted by molar-refractivity contribution is 6.07. The molecule has 0 saturated heterocycles. The fraction of sp³-hybridized carbons (Fsp3) is 0.615. The van der Waals surface area contributed by atoms with Gasteiger partial charge in [-0.05, 0) is 65.7 Å². The molecule has 2 aromatic heterocycles. The second-order valence-corrected chi connectivity index (χ2v) is 8.62. The Hall–Kier alpha value is -2.42. The fourth-order valence-corrected chi connectivity index (χ4v) is 4.17. The van der Waals surface area contributed by atoms with Crippen LogP contribution in [0.4, 0.5) is 11.5 Å². The van der Waals surface area contributed by atoms with Gasteiger partial charge in [0.1, 0.15) is 17.9 Å². The Balaban J connectivity index is 1.98. The van der Waals surface area contributed by atoms with Crippen LogP contribution in [0.5, 0.6) is 0 Å². The molecule has 0 unspecified atom stereocenters. The monoisotopic (exact) mass is 471 g/mol. The molecule has 8 heteroatoms. The molecule has 2 heterocycles. The molecule has 0 aliphatic heterocycles. The predicted molar refractivity (Wildman–Crippen MR) is 139 cm³/mol. The number of benzene rings is 1. The van der Waals surface area contributed by atoms with E-state index in [-0.39, 0.29) is 6.10 Å². The first-order chi connectivity index (χ1) is 16.5. The lowest BCUT2D eigenvalue weighted by Gasteiger charge is -2.23. The number of hydrogen-bond donors (Lipinski definition) is 1. The highest BCUT2D eigenvalue weighted by Gasteiger charge is 2.18. The minimum Gasteiger partial charge on any atom is -0.382 e. The smallest absolute Gasteiger partial charge is 0.152 e. The molecular formula is C26H41N5O3. The number of rotatable bonds is 15. The van der Waals surface area contributed by atoms with Crippen molar-refractivity contribution >= 4 is 33.4 Å². The van der Waals surface area contributed by atoms with Crippen molar-refractivity contribution in [3.8, 4) is 0 Å². The first kappa shape index (κ1) is 26.2. The van der Waals surface area contributed by atoms with Crippen LogP contribution in [0.3, 0.4) is 0 Å². The number of unbranched alkanes of at least 4 members (excludes halogenated alkanes) is 1. The van der Waals surface area contributed by atoms with Gasteiger partial charge in [-0.3, -0.25) is 0 Å². The fourth-order valence-electron chi connectivity index (χ4n) is 4.17. The number of ether oxygens (including phenoxy) is 3. The number of aryl methyl sites for hydroxylation is 1. The van der Waals surface area contributed by atoms with Crippen molar-refractivity contribution in [1.29, 1.82) is 0 Å². The zero-order valence-corrected chi connectivity index (χ0v) is 21.5. The van der Waals surface area contributed by atoms with Gasteiger partial charge in [-0.1, -0.05) is 0 Å². The summed E-state index contributed by atoms with van der Waals surface area (Å²) in [6.45, 7) is 16.1. The Morgan fingerprint density at radius 3 is 2.53 bits per heavy atom. The summed E-state index contributed by atoms with van der Waals surface area (Å²) in [7, 11) is 0. The number of aromatic nitrogens is 3. The van der Waals surface area contributed by atoms with E-state index in [0.29, 0.717) is 25.6 Å². The molecule has 1 aromatic carbocycles. The number of hydrogen-bond acceptors (Lipinski definition) is 7. The largest absolute Gasteiger partial charge is 0.382 e. The summed E-state index contributed by atoms with van der Waals surface area (Å²) in [6.07, 6.45) is 2.22. The number of pyridine rings is 1. The molecule has 3 rings (SSSR count). The van der Waals surface area contributed by atoms with Crippen LogP contribution in [0, 0.1) is 0 Å². The number of nitrogens with two attached hydrogens (primary N) is 1. The number of imidazole rings is 1. The number of nitrogen functional groups attached to an aromatic ring is 1. The summed E-state index contributed by atoms with van der Waals surface area (Å²) in [6, 6.07) is 6.43. The molecule has 0 fully saturated rings. The normalized spacial score (nSPS) is 11.8. The maximum absolute atomic E-state index is 6.42. The van der Waals surface area contributed by atoms with Crippen LogP contribution in [-0.2, 0) is 27.4 Å². The standard InChI is InChI=1S/C26H41N5O3/c1-6-30(14-16-32-7-2)20-11-12-21-22(17-20)28-26(27)24-25(21)31(23(29-24)18-33-8-3)13-9-10-15-34-19(4)5/h11-12,17,19H,6-10,13-16,18H2,1-5H3,(H2,27,28). The lowest BCUT2D eigenvalue weighted by atomic mass is 10.1. The van der Waals surface area contributed by atoms with Crippen LogP contribution in [0.2, 0.25) is 0 Å². The molecule has 0 aliphatic carbocycles. The van der Waals surface area contributed by atoms with Crippen molar-refractivity contribution in [3.05, 3.63) is 24.0 Å². The van der Waals surface area contributed by atoms with E-state index < -0.39 is 0 Å². The maximum Gasteiger partial charge on any atom is 0.152 e. The molecule has 0 bridgehead atoms. The van der Waals surface area contributed by atoms with E-state index in [1.807, 2.05) is 13.8 Å². The van der Waals surface area contributed by atoms with E-state index in [2.05, 4.69) is 48.4 Å². The Morgan fingerprint density at radius 2 is 1.82 bits per heavy atom. The Kier molecular flexibility index (Phi) is 9.92. The highest BCUT2D eigenvalue weighted by atomic mass is 16.5. The number of anilines is 2. The Morgan fingerprint density at radius 1 is 1.03 bits per heavy atom. The molecule has 3 aromatic rings. The zero-order valence-electron chi connectivity index (χ0n) is 21.5. The third-order valence-corrected chi connectivity index (χ3v) is 5.89. The summed E-state index contributed by atoms with van der Waals surface area (Å²) in [5.74, 6) is 1.34. The van der Waals surface area contributed by atoms with E-state index in [0.717, 1.165) is 79.1 Å². The average Bonchev–Trinajstić information content (AvgIpc) is 3.19. The highest BCUT2D eigenvalue weighted by Crippen LogP contribution is 2.32. The van der Waals surface area contributed by atoms with Crippen LogP contribution in [0.15, 0.2) is 18.2 Å². The van der Waals surface area contributed by atoms with Gasteiger partial charge in [-0.15, -0.1) is 0 Å². The summed E-state index contributed by atoms with van der Waals surface area (Å²) in [5, 5.41) is 1.06. The number of nitrogens with zero attached hydrogens (tertiary/aromatic N) is 4. The molecule has 0 saturated carbocycles. The molecule has 0 aliphatic rings. The molecule has 0 atom stereocenters. The molecule has 2 N–H and O–H groups in total. The predicted octanol–water partition coefficient (Wildman–Crippen LogP) is 4.77. The second kappa shape index (κ2) is 12.9. The van der Waals surface area contributed by atoms with Gasteiger partial charge in [-0.25, -0.2) is 9.97 Å². The third-order valence-electron chi connectivity index (χ3n) is 5.89. The van der Waals surface area contributed by atoms with E-state index in [1.54, 1.807) is 0 Å². The number of fused-ring (bicyclic) bond motifs is 3. The topological polar surface area (TPSA) is 87.7 Å². The van der Waals surface area contributed by atoms with E-state index in [4.69, 9.17) is 29.9 Å². The lowest BCUT2D eigenvalue weighted by Crippen LogP contribution is -2.27. The lowest BCUT2D eigenvalue weighted by molar-refractivity contribution is 0.0753. The van der Waals surface area contributed by atoms with E-state index >= 15 is 0 Å². The van der Waals surface area contributed by atoms with Gasteiger partial charge in [-0.2, -0.15) is 0 Å². The molecule has 0 spiro atoms. The molecule has 0 radical (unpaired) electrons. The van der Waals surface area contributed by atoms with Gasteiger partial charge in [0.05, 0.1) is 23.7 Å². The second-order valence-electron chi connectivity index (χ2n) is 8.62. The van der Waals surface area contributed by atoms with Gasteiger partial charge >= 0.3 is 0 Å². The van der Waals surface area contributed by atoms with Crippen molar-refractivity contribution in [3.63, 3.8) is 0 Å². The zero-order chi connectivity index (χ0) is 24.5. The first-order valence-corrected chi connectivity index (χ1v) is 12.6. The quantitative estimate of drug-likeness (QED) is 0.319. The average molecular weight is 472 g/mol. The SMILES string of the molecule is CCOCCN(CC)c1ccc2c(c1)nc(N)c1nc(COCC)n(CCCCOC(C)C)c12. The van der Waals surface area contributed by atoms with Gasteiger partial charge in [0.15, 0.2) is 5.82 Å². The summed E-state index contributed by atoms with van der Waals surface area (Å²) in [5.41, 5.74) is 10.2. The minimum atomic E-state index is 0.253. The molecular weight excluding hydrogens is 430 g/mol. The third kappa shape index (κ3) is 6.37.